The third-order valence-electron chi connectivity index (χ3n) is 6.70. The molecule has 172 valence electrons. The van der Waals surface area contributed by atoms with Crippen molar-refractivity contribution in [3.05, 3.63) is 29.8 Å². The molecule has 31 heavy (non-hydrogen) atoms. The van der Waals surface area contributed by atoms with Crippen molar-refractivity contribution in [2.24, 2.45) is 5.92 Å². The van der Waals surface area contributed by atoms with Crippen LogP contribution in [0.3, 0.4) is 0 Å². The fourth-order valence-electron chi connectivity index (χ4n) is 4.19. The molecule has 2 aliphatic rings. The number of hydrogen-bond donors (Lipinski definition) is 0. The predicted molar refractivity (Wildman–Crippen MR) is 122 cm³/mol. The zero-order valence-corrected chi connectivity index (χ0v) is 20.5. The second-order valence-electron chi connectivity index (χ2n) is 10.9. The largest absolute Gasteiger partial charge is 0.494 e. The number of likely N-dealkylation sites (tertiary alicyclic amines) is 1. The van der Waals surface area contributed by atoms with Crippen LogP contribution in [-0.4, -0.2) is 54.7 Å². The van der Waals surface area contributed by atoms with Gasteiger partial charge in [0.05, 0.1) is 23.3 Å². The lowest BCUT2D eigenvalue weighted by molar-refractivity contribution is -0.0416. The standard InChI is InChI=1S/C24H38BNO5/c1-16-15-26(21(27)29-22(2,3)4)19(14-20(16)28-9)17-11-10-12-18(13-17)25-30-23(5,6)24(7,8)31-25/h10-13,16,19-20H,14-15H2,1-9H3. The molecule has 2 fully saturated rings. The van der Waals surface area contributed by atoms with Gasteiger partial charge in [0, 0.05) is 19.6 Å². The van der Waals surface area contributed by atoms with Crippen molar-refractivity contribution in [1.82, 2.24) is 4.90 Å². The highest BCUT2D eigenvalue weighted by atomic mass is 16.7. The lowest BCUT2D eigenvalue weighted by Gasteiger charge is -2.43. The molecule has 1 aromatic rings. The maximum absolute atomic E-state index is 13.1. The maximum Gasteiger partial charge on any atom is 0.494 e. The Bertz CT molecular complexity index is 787. The Balaban J connectivity index is 1.91. The predicted octanol–water partition coefficient (Wildman–Crippen LogP) is 4.32. The first kappa shape index (κ1) is 24.1. The molecule has 6 nitrogen and oxygen atoms in total. The van der Waals surface area contributed by atoms with Gasteiger partial charge in [-0.15, -0.1) is 0 Å². The summed E-state index contributed by atoms with van der Waals surface area (Å²) in [5, 5.41) is 0. The van der Waals surface area contributed by atoms with Crippen LogP contribution >= 0.6 is 0 Å². The van der Waals surface area contributed by atoms with Gasteiger partial charge in [-0.05, 0) is 65.9 Å². The molecule has 0 aromatic heterocycles. The molecule has 0 radical (unpaired) electrons. The van der Waals surface area contributed by atoms with Crippen LogP contribution in [0.15, 0.2) is 24.3 Å². The van der Waals surface area contributed by atoms with Crippen LogP contribution < -0.4 is 5.46 Å². The summed E-state index contributed by atoms with van der Waals surface area (Å²) in [5.74, 6) is 0.222. The first-order chi connectivity index (χ1) is 14.2. The van der Waals surface area contributed by atoms with E-state index >= 15 is 0 Å². The summed E-state index contributed by atoms with van der Waals surface area (Å²) < 4.78 is 23.9. The van der Waals surface area contributed by atoms with Gasteiger partial charge in [-0.25, -0.2) is 4.79 Å². The van der Waals surface area contributed by atoms with Gasteiger partial charge in [-0.3, -0.25) is 0 Å². The van der Waals surface area contributed by atoms with Gasteiger partial charge in [0.2, 0.25) is 0 Å². The van der Waals surface area contributed by atoms with Gasteiger partial charge in [0.25, 0.3) is 0 Å². The number of ether oxygens (including phenoxy) is 2. The van der Waals surface area contributed by atoms with E-state index in [0.29, 0.717) is 13.0 Å². The Hall–Kier alpha value is -1.57. The Labute approximate surface area is 187 Å². The van der Waals surface area contributed by atoms with Crippen LogP contribution in [0.5, 0.6) is 0 Å². The average molecular weight is 431 g/mol. The van der Waals surface area contributed by atoms with Crippen LogP contribution in [0.4, 0.5) is 4.79 Å². The van der Waals surface area contributed by atoms with E-state index in [1.807, 2.05) is 65.5 Å². The zero-order valence-electron chi connectivity index (χ0n) is 20.5. The van der Waals surface area contributed by atoms with Crippen molar-refractivity contribution in [1.29, 1.82) is 0 Å². The average Bonchev–Trinajstić information content (AvgIpc) is 2.87. The SMILES string of the molecule is COC1CC(c2cccc(B3OC(C)(C)C(C)(C)O3)c2)N(C(=O)OC(C)(C)C)CC1C. The molecule has 2 heterocycles. The van der Waals surface area contributed by atoms with Crippen molar-refractivity contribution < 1.29 is 23.6 Å². The molecule has 0 N–H and O–H groups in total. The fourth-order valence-corrected chi connectivity index (χ4v) is 4.19. The quantitative estimate of drug-likeness (QED) is 0.668. The summed E-state index contributed by atoms with van der Waals surface area (Å²) in [6.45, 7) is 16.6. The number of benzene rings is 1. The molecule has 0 bridgehead atoms. The lowest BCUT2D eigenvalue weighted by atomic mass is 9.77. The molecule has 3 unspecified atom stereocenters. The first-order valence-corrected chi connectivity index (χ1v) is 11.2. The van der Waals surface area contributed by atoms with Crippen LogP contribution in [0.25, 0.3) is 0 Å². The highest BCUT2D eigenvalue weighted by molar-refractivity contribution is 6.62. The molecule has 1 aromatic carbocycles. The van der Waals surface area contributed by atoms with Crippen LogP contribution in [0.1, 0.15) is 73.4 Å². The van der Waals surface area contributed by atoms with Crippen molar-refractivity contribution in [2.75, 3.05) is 13.7 Å². The van der Waals surface area contributed by atoms with E-state index in [1.54, 1.807) is 7.11 Å². The van der Waals surface area contributed by atoms with Gasteiger partial charge in [0.15, 0.2) is 0 Å². The van der Waals surface area contributed by atoms with Crippen LogP contribution in [0.2, 0.25) is 0 Å². The number of hydrogen-bond acceptors (Lipinski definition) is 5. The minimum atomic E-state index is -0.548. The topological polar surface area (TPSA) is 57.2 Å². The monoisotopic (exact) mass is 431 g/mol. The number of methoxy groups -OCH3 is 1. The van der Waals surface area contributed by atoms with E-state index in [0.717, 1.165) is 11.0 Å². The zero-order chi connectivity index (χ0) is 23.2. The first-order valence-electron chi connectivity index (χ1n) is 11.2. The lowest BCUT2D eigenvalue weighted by Crippen LogP contribution is -2.49. The van der Waals surface area contributed by atoms with Crippen LogP contribution in [0, 0.1) is 5.92 Å². The van der Waals surface area contributed by atoms with Crippen molar-refractivity contribution >= 4 is 18.7 Å². The van der Waals surface area contributed by atoms with Gasteiger partial charge >= 0.3 is 13.2 Å². The highest BCUT2D eigenvalue weighted by Crippen LogP contribution is 2.38. The smallest absolute Gasteiger partial charge is 0.444 e. The molecule has 0 saturated carbocycles. The maximum atomic E-state index is 13.1. The second kappa shape index (κ2) is 8.41. The number of carbonyl (C=O) groups is 1. The van der Waals surface area contributed by atoms with Gasteiger partial charge < -0.3 is 23.7 Å². The van der Waals surface area contributed by atoms with E-state index < -0.39 is 23.9 Å². The number of amides is 1. The Morgan fingerprint density at radius 2 is 1.77 bits per heavy atom. The molecule has 1 amide bonds. The Morgan fingerprint density at radius 1 is 1.16 bits per heavy atom. The molecule has 3 atom stereocenters. The van der Waals surface area contributed by atoms with E-state index in [1.165, 1.54) is 0 Å². The van der Waals surface area contributed by atoms with Crippen molar-refractivity contribution in [3.63, 3.8) is 0 Å². The summed E-state index contributed by atoms with van der Waals surface area (Å²) in [5.41, 5.74) is 0.628. The molecule has 2 saturated heterocycles. The number of piperidine rings is 1. The molecule has 2 aliphatic heterocycles. The molecular formula is C24H38BNO5. The normalized spacial score (nSPS) is 28.0. The van der Waals surface area contributed by atoms with Crippen molar-refractivity contribution in [2.45, 2.75) is 90.8 Å². The fraction of sp³-hybridized carbons (Fsp3) is 0.708. The summed E-state index contributed by atoms with van der Waals surface area (Å²) in [6, 6.07) is 8.02. The number of nitrogens with zero attached hydrogens (tertiary/aromatic N) is 1. The summed E-state index contributed by atoms with van der Waals surface area (Å²) in [7, 11) is 1.29. The van der Waals surface area contributed by atoms with Crippen LogP contribution in [-0.2, 0) is 18.8 Å². The summed E-state index contributed by atoms with van der Waals surface area (Å²) in [4.78, 5) is 14.9. The second-order valence-corrected chi connectivity index (χ2v) is 10.9. The summed E-state index contributed by atoms with van der Waals surface area (Å²) >= 11 is 0. The van der Waals surface area contributed by atoms with Gasteiger partial charge in [-0.1, -0.05) is 31.2 Å². The van der Waals surface area contributed by atoms with Gasteiger partial charge in [0.1, 0.15) is 5.60 Å². The Kier molecular flexibility index (Phi) is 6.54. The third kappa shape index (κ3) is 5.10. The van der Waals surface area contributed by atoms with E-state index in [2.05, 4.69) is 19.1 Å². The minimum Gasteiger partial charge on any atom is -0.444 e. The van der Waals surface area contributed by atoms with E-state index in [-0.39, 0.29) is 24.2 Å². The molecule has 0 spiro atoms. The minimum absolute atomic E-state index is 0.0733. The van der Waals surface area contributed by atoms with E-state index in [4.69, 9.17) is 18.8 Å². The highest BCUT2D eigenvalue weighted by Gasteiger charge is 2.52. The third-order valence-corrected chi connectivity index (χ3v) is 6.70. The van der Waals surface area contributed by atoms with E-state index in [9.17, 15) is 4.79 Å². The number of rotatable bonds is 3. The van der Waals surface area contributed by atoms with Gasteiger partial charge in [-0.2, -0.15) is 0 Å². The molecule has 7 heteroatoms. The molecule has 3 rings (SSSR count). The van der Waals surface area contributed by atoms with Crippen molar-refractivity contribution in [3.8, 4) is 0 Å². The molecular weight excluding hydrogens is 393 g/mol. The molecule has 0 aliphatic carbocycles. The number of carbonyl (C=O) groups excluding carboxylic acids is 1. The summed E-state index contributed by atoms with van der Waals surface area (Å²) in [6.07, 6.45) is 0.494. The Morgan fingerprint density at radius 3 is 2.32 bits per heavy atom.